The number of pyridine rings is 1. The molecule has 0 radical (unpaired) electrons. The zero-order valence-corrected chi connectivity index (χ0v) is 15.9. The van der Waals surface area contributed by atoms with E-state index < -0.39 is 0 Å². The Bertz CT molecular complexity index is 979. The highest BCUT2D eigenvalue weighted by Crippen LogP contribution is 2.52. The first-order valence-corrected chi connectivity index (χ1v) is 9.18. The third-order valence-electron chi connectivity index (χ3n) is 5.81. The molecule has 0 fully saturated rings. The summed E-state index contributed by atoms with van der Waals surface area (Å²) in [7, 11) is 2.14. The highest BCUT2D eigenvalue weighted by molar-refractivity contribution is 5.88. The number of aryl methyl sites for hydroxylation is 3. The monoisotopic (exact) mass is 328 g/mol. The third kappa shape index (κ3) is 2.26. The molecule has 1 heteroatoms. The van der Waals surface area contributed by atoms with Crippen LogP contribution in [0.5, 0.6) is 0 Å². The van der Waals surface area contributed by atoms with E-state index in [9.17, 15) is 0 Å². The Morgan fingerprint density at radius 3 is 2.44 bits per heavy atom. The molecule has 0 amide bonds. The van der Waals surface area contributed by atoms with E-state index in [0.717, 1.165) is 6.42 Å². The summed E-state index contributed by atoms with van der Waals surface area (Å²) in [5, 5.41) is 0. The van der Waals surface area contributed by atoms with Crippen LogP contribution in [0.3, 0.4) is 0 Å². The summed E-state index contributed by atoms with van der Waals surface area (Å²) in [5.74, 6) is 0. The van der Waals surface area contributed by atoms with Crippen molar-refractivity contribution < 1.29 is 4.57 Å². The second kappa shape index (κ2) is 5.56. The number of aromatic nitrogens is 1. The molecule has 0 bridgehead atoms. The minimum Gasteiger partial charge on any atom is -0.201 e. The second-order valence-electron chi connectivity index (χ2n) is 7.74. The SMILES string of the molecule is CCc1ccc2c(c1)C(C)(C)c1c-2ccc(C)c1-c1cccc[n+]1C. The highest BCUT2D eigenvalue weighted by atomic mass is 14.9. The van der Waals surface area contributed by atoms with Gasteiger partial charge in [0.1, 0.15) is 7.05 Å². The van der Waals surface area contributed by atoms with Crippen molar-refractivity contribution in [2.45, 2.75) is 39.5 Å². The molecule has 0 atom stereocenters. The van der Waals surface area contributed by atoms with Crippen LogP contribution in [0.1, 0.15) is 43.0 Å². The van der Waals surface area contributed by atoms with Gasteiger partial charge in [-0.15, -0.1) is 0 Å². The topological polar surface area (TPSA) is 3.88 Å². The second-order valence-corrected chi connectivity index (χ2v) is 7.74. The summed E-state index contributed by atoms with van der Waals surface area (Å²) in [6.07, 6.45) is 3.22. The molecule has 0 aliphatic heterocycles. The van der Waals surface area contributed by atoms with Crippen LogP contribution in [-0.4, -0.2) is 0 Å². The Hall–Kier alpha value is -2.41. The zero-order chi connectivity index (χ0) is 17.8. The fraction of sp³-hybridized carbons (Fsp3) is 0.292. The Kier molecular flexibility index (Phi) is 3.57. The maximum absolute atomic E-state index is 2.42. The summed E-state index contributed by atoms with van der Waals surface area (Å²) < 4.78 is 2.24. The van der Waals surface area contributed by atoms with Gasteiger partial charge in [0.2, 0.25) is 5.69 Å². The molecule has 0 saturated heterocycles. The van der Waals surface area contributed by atoms with E-state index in [4.69, 9.17) is 0 Å². The molecule has 25 heavy (non-hydrogen) atoms. The predicted octanol–water partition coefficient (Wildman–Crippen LogP) is 5.36. The molecule has 1 aliphatic rings. The Balaban J connectivity index is 2.07. The number of nitrogens with zero attached hydrogens (tertiary/aromatic N) is 1. The van der Waals surface area contributed by atoms with Crippen molar-refractivity contribution in [1.82, 2.24) is 0 Å². The van der Waals surface area contributed by atoms with Crippen molar-refractivity contribution >= 4 is 0 Å². The summed E-state index contributed by atoms with van der Waals surface area (Å²) in [5.41, 5.74) is 11.2. The maximum atomic E-state index is 2.42. The Labute approximate surface area is 151 Å². The van der Waals surface area contributed by atoms with Gasteiger partial charge in [-0.05, 0) is 52.8 Å². The average molecular weight is 328 g/mol. The van der Waals surface area contributed by atoms with E-state index in [1.165, 1.54) is 44.6 Å². The summed E-state index contributed by atoms with van der Waals surface area (Å²) >= 11 is 0. The maximum Gasteiger partial charge on any atom is 0.212 e. The first-order chi connectivity index (χ1) is 11.9. The largest absolute Gasteiger partial charge is 0.212 e. The third-order valence-corrected chi connectivity index (χ3v) is 5.81. The molecule has 1 heterocycles. The molecule has 3 aromatic rings. The quantitative estimate of drug-likeness (QED) is 0.558. The fourth-order valence-corrected chi connectivity index (χ4v) is 4.39. The van der Waals surface area contributed by atoms with Gasteiger partial charge in [-0.25, -0.2) is 4.57 Å². The van der Waals surface area contributed by atoms with Crippen LogP contribution >= 0.6 is 0 Å². The van der Waals surface area contributed by atoms with Crippen molar-refractivity contribution in [3.05, 3.63) is 77.0 Å². The van der Waals surface area contributed by atoms with Gasteiger partial charge in [0.25, 0.3) is 0 Å². The van der Waals surface area contributed by atoms with Gasteiger partial charge >= 0.3 is 0 Å². The standard InChI is InChI=1S/C24H26N/c1-6-17-11-13-18-19-12-10-16(2)22(21-9-7-8-14-25(21)5)23(19)24(3,4)20(18)15-17/h7-15H,6H2,1-5H3/q+1. The van der Waals surface area contributed by atoms with E-state index in [0.29, 0.717) is 0 Å². The van der Waals surface area contributed by atoms with E-state index in [1.54, 1.807) is 0 Å². The van der Waals surface area contributed by atoms with Gasteiger partial charge in [0.15, 0.2) is 6.20 Å². The van der Waals surface area contributed by atoms with Crippen molar-refractivity contribution in [2.24, 2.45) is 7.05 Å². The molecule has 1 aliphatic carbocycles. The number of hydrogen-bond donors (Lipinski definition) is 0. The summed E-state index contributed by atoms with van der Waals surface area (Å²) in [6.45, 7) is 9.22. The van der Waals surface area contributed by atoms with Gasteiger partial charge in [-0.1, -0.05) is 51.1 Å². The zero-order valence-electron chi connectivity index (χ0n) is 15.9. The molecule has 0 spiro atoms. The first-order valence-electron chi connectivity index (χ1n) is 9.18. The van der Waals surface area contributed by atoms with Crippen LogP contribution in [0.15, 0.2) is 54.7 Å². The van der Waals surface area contributed by atoms with Crippen LogP contribution in [0, 0.1) is 6.92 Å². The average Bonchev–Trinajstić information content (AvgIpc) is 2.83. The van der Waals surface area contributed by atoms with Crippen molar-refractivity contribution in [2.75, 3.05) is 0 Å². The van der Waals surface area contributed by atoms with E-state index >= 15 is 0 Å². The molecular formula is C24H26N+. The Morgan fingerprint density at radius 1 is 0.960 bits per heavy atom. The molecule has 1 aromatic heterocycles. The number of hydrogen-bond acceptors (Lipinski definition) is 0. The van der Waals surface area contributed by atoms with Crippen molar-refractivity contribution in [1.29, 1.82) is 0 Å². The molecule has 126 valence electrons. The van der Waals surface area contributed by atoms with Gasteiger partial charge in [0, 0.05) is 17.5 Å². The van der Waals surface area contributed by atoms with E-state index in [-0.39, 0.29) is 5.41 Å². The molecule has 1 nitrogen and oxygen atoms in total. The molecular weight excluding hydrogens is 302 g/mol. The number of rotatable bonds is 2. The molecule has 0 unspecified atom stereocenters. The van der Waals surface area contributed by atoms with Crippen LogP contribution in [0.4, 0.5) is 0 Å². The van der Waals surface area contributed by atoms with E-state index in [2.05, 4.69) is 94.0 Å². The lowest BCUT2D eigenvalue weighted by molar-refractivity contribution is -0.660. The molecule has 2 aromatic carbocycles. The lowest BCUT2D eigenvalue weighted by Gasteiger charge is -2.25. The summed E-state index contributed by atoms with van der Waals surface area (Å²) in [6, 6.07) is 18.1. The normalized spacial score (nSPS) is 14.3. The van der Waals surface area contributed by atoms with Gasteiger partial charge in [-0.3, -0.25) is 0 Å². The van der Waals surface area contributed by atoms with Crippen LogP contribution in [-0.2, 0) is 18.9 Å². The predicted molar refractivity (Wildman–Crippen MR) is 105 cm³/mol. The first kappa shape index (κ1) is 16.1. The van der Waals surface area contributed by atoms with Gasteiger partial charge in [0.05, 0.1) is 5.56 Å². The smallest absolute Gasteiger partial charge is 0.201 e. The summed E-state index contributed by atoms with van der Waals surface area (Å²) in [4.78, 5) is 0. The molecule has 0 N–H and O–H groups in total. The lowest BCUT2D eigenvalue weighted by Crippen LogP contribution is -2.31. The number of benzene rings is 2. The lowest BCUT2D eigenvalue weighted by atomic mass is 9.78. The van der Waals surface area contributed by atoms with Gasteiger partial charge in [-0.2, -0.15) is 0 Å². The molecule has 4 rings (SSSR count). The van der Waals surface area contributed by atoms with Crippen LogP contribution in [0.2, 0.25) is 0 Å². The van der Waals surface area contributed by atoms with Crippen LogP contribution in [0.25, 0.3) is 22.4 Å². The van der Waals surface area contributed by atoms with Gasteiger partial charge < -0.3 is 0 Å². The highest BCUT2D eigenvalue weighted by Gasteiger charge is 2.39. The van der Waals surface area contributed by atoms with E-state index in [1.807, 2.05) is 0 Å². The number of fused-ring (bicyclic) bond motifs is 3. The van der Waals surface area contributed by atoms with Crippen LogP contribution < -0.4 is 4.57 Å². The minimum absolute atomic E-state index is 0.0139. The fourth-order valence-electron chi connectivity index (χ4n) is 4.39. The Morgan fingerprint density at radius 2 is 1.72 bits per heavy atom. The minimum atomic E-state index is 0.0139. The molecule has 0 saturated carbocycles. The van der Waals surface area contributed by atoms with Crippen molar-refractivity contribution in [3.63, 3.8) is 0 Å². The van der Waals surface area contributed by atoms with Crippen molar-refractivity contribution in [3.8, 4) is 22.4 Å².